The fraction of sp³-hybridized carbons (Fsp3) is 0.562. The second-order valence-electron chi connectivity index (χ2n) is 6.29. The molecule has 0 aliphatic heterocycles. The van der Waals surface area contributed by atoms with E-state index in [9.17, 15) is 9.18 Å². The predicted molar refractivity (Wildman–Crippen MR) is 74.2 cm³/mol. The van der Waals surface area contributed by atoms with E-state index in [1.54, 1.807) is 0 Å². The molecule has 0 aromatic heterocycles. The van der Waals surface area contributed by atoms with Crippen molar-refractivity contribution in [3.05, 3.63) is 35.1 Å². The highest BCUT2D eigenvalue weighted by molar-refractivity contribution is 5.87. The van der Waals surface area contributed by atoms with Crippen molar-refractivity contribution in [1.29, 1.82) is 0 Å². The lowest BCUT2D eigenvalue weighted by molar-refractivity contribution is -0.00662. The first-order valence-electron chi connectivity index (χ1n) is 7.01. The summed E-state index contributed by atoms with van der Waals surface area (Å²) in [4.78, 5) is 10.9. The number of benzene rings is 1. The first-order valence-corrected chi connectivity index (χ1v) is 7.01. The molecule has 0 atom stereocenters. The van der Waals surface area contributed by atoms with E-state index in [0.717, 1.165) is 25.7 Å². The van der Waals surface area contributed by atoms with Crippen molar-refractivity contribution in [3.63, 3.8) is 0 Å². The third-order valence-electron chi connectivity index (χ3n) is 4.05. The highest BCUT2D eigenvalue weighted by Gasteiger charge is 2.27. The lowest BCUT2D eigenvalue weighted by Gasteiger charge is -2.34. The molecule has 1 aromatic carbocycles. The highest BCUT2D eigenvalue weighted by atomic mass is 19.1. The van der Waals surface area contributed by atoms with Crippen LogP contribution in [0.2, 0.25) is 0 Å². The fourth-order valence-corrected chi connectivity index (χ4v) is 2.57. The minimum atomic E-state index is -1.05. The molecule has 0 unspecified atom stereocenters. The van der Waals surface area contributed by atoms with Gasteiger partial charge in [-0.05, 0) is 49.3 Å². The van der Waals surface area contributed by atoms with Crippen LogP contribution in [-0.4, -0.2) is 17.2 Å². The molecule has 1 aliphatic rings. The topological polar surface area (TPSA) is 46.5 Å². The van der Waals surface area contributed by atoms with Crippen LogP contribution in [0.15, 0.2) is 18.2 Å². The van der Waals surface area contributed by atoms with E-state index >= 15 is 0 Å². The van der Waals surface area contributed by atoms with E-state index in [1.807, 2.05) is 0 Å². The Morgan fingerprint density at radius 1 is 1.40 bits per heavy atom. The minimum Gasteiger partial charge on any atom is -0.478 e. The van der Waals surface area contributed by atoms with Gasteiger partial charge in [0.2, 0.25) is 0 Å². The zero-order valence-corrected chi connectivity index (χ0v) is 12.0. The second-order valence-corrected chi connectivity index (χ2v) is 6.29. The maximum atomic E-state index is 13.6. The molecule has 1 aromatic rings. The Hall–Kier alpha value is -1.42. The summed E-state index contributed by atoms with van der Waals surface area (Å²) >= 11 is 0. The van der Waals surface area contributed by atoms with Gasteiger partial charge in [0, 0.05) is 5.56 Å². The van der Waals surface area contributed by atoms with E-state index in [0.29, 0.717) is 11.0 Å². The summed E-state index contributed by atoms with van der Waals surface area (Å²) < 4.78 is 19.4. The molecule has 0 amide bonds. The van der Waals surface area contributed by atoms with Crippen LogP contribution in [0.3, 0.4) is 0 Å². The summed E-state index contributed by atoms with van der Waals surface area (Å²) in [5.41, 5.74) is 0.776. The zero-order valence-electron chi connectivity index (χ0n) is 12.0. The van der Waals surface area contributed by atoms with E-state index in [2.05, 4.69) is 13.8 Å². The van der Waals surface area contributed by atoms with Crippen LogP contribution in [0, 0.1) is 11.2 Å². The van der Waals surface area contributed by atoms with Gasteiger partial charge in [0.25, 0.3) is 0 Å². The van der Waals surface area contributed by atoms with Crippen LogP contribution >= 0.6 is 0 Å². The van der Waals surface area contributed by atoms with Gasteiger partial charge in [-0.15, -0.1) is 0 Å². The van der Waals surface area contributed by atoms with Crippen LogP contribution < -0.4 is 0 Å². The zero-order chi connectivity index (χ0) is 14.8. The molecule has 1 saturated carbocycles. The van der Waals surface area contributed by atoms with Crippen LogP contribution in [0.4, 0.5) is 4.39 Å². The Labute approximate surface area is 118 Å². The Balaban J connectivity index is 1.94. The predicted octanol–water partition coefficient (Wildman–Crippen LogP) is 4.01. The van der Waals surface area contributed by atoms with Gasteiger partial charge in [-0.1, -0.05) is 13.8 Å². The molecule has 0 spiro atoms. The summed E-state index contributed by atoms with van der Waals surface area (Å²) in [6.07, 6.45) is 4.32. The molecule has 2 rings (SSSR count). The molecule has 1 fully saturated rings. The number of halogens is 1. The summed E-state index contributed by atoms with van der Waals surface area (Å²) in [5, 5.41) is 8.91. The normalized spacial score (nSPS) is 18.9. The third-order valence-corrected chi connectivity index (χ3v) is 4.05. The largest absolute Gasteiger partial charge is 0.478 e. The lowest BCUT2D eigenvalue weighted by Crippen LogP contribution is -2.26. The summed E-state index contributed by atoms with van der Waals surface area (Å²) in [7, 11) is 0. The lowest BCUT2D eigenvalue weighted by atomic mass is 9.76. The number of ether oxygens (including phenoxy) is 1. The van der Waals surface area contributed by atoms with Crippen LogP contribution in [-0.2, 0) is 11.3 Å². The Morgan fingerprint density at radius 3 is 2.65 bits per heavy atom. The highest BCUT2D eigenvalue weighted by Crippen LogP contribution is 2.36. The Morgan fingerprint density at radius 2 is 2.05 bits per heavy atom. The maximum Gasteiger partial charge on any atom is 0.335 e. The molecule has 3 nitrogen and oxygen atoms in total. The van der Waals surface area contributed by atoms with Gasteiger partial charge in [-0.3, -0.25) is 0 Å². The average Bonchev–Trinajstić information content (AvgIpc) is 2.39. The molecular weight excluding hydrogens is 259 g/mol. The number of carboxylic acid groups (broad SMARTS) is 1. The number of carbonyl (C=O) groups is 1. The summed E-state index contributed by atoms with van der Waals surface area (Å²) in [6, 6.07) is 3.81. The van der Waals surface area contributed by atoms with Crippen molar-refractivity contribution < 1.29 is 19.0 Å². The third kappa shape index (κ3) is 3.79. The summed E-state index contributed by atoms with van der Waals surface area (Å²) in [5.74, 6) is -1.46. The first-order chi connectivity index (χ1) is 9.37. The SMILES string of the molecule is CC1(C)CCC(OCc2cc(C(=O)O)ccc2F)CC1. The fourth-order valence-electron chi connectivity index (χ4n) is 2.57. The first kappa shape index (κ1) is 15.0. The van der Waals surface area contributed by atoms with Crippen molar-refractivity contribution in [3.8, 4) is 0 Å². The van der Waals surface area contributed by atoms with Crippen molar-refractivity contribution in [2.24, 2.45) is 5.41 Å². The second kappa shape index (κ2) is 5.92. The minimum absolute atomic E-state index is 0.0924. The van der Waals surface area contributed by atoms with E-state index in [4.69, 9.17) is 9.84 Å². The molecule has 20 heavy (non-hydrogen) atoms. The van der Waals surface area contributed by atoms with Gasteiger partial charge in [0.1, 0.15) is 5.82 Å². The van der Waals surface area contributed by atoms with E-state index in [-0.39, 0.29) is 18.3 Å². The average molecular weight is 280 g/mol. The van der Waals surface area contributed by atoms with Gasteiger partial charge >= 0.3 is 5.97 Å². The number of hydrogen-bond acceptors (Lipinski definition) is 2. The van der Waals surface area contributed by atoms with Gasteiger partial charge < -0.3 is 9.84 Å². The molecule has 4 heteroatoms. The molecule has 1 aliphatic carbocycles. The molecule has 0 radical (unpaired) electrons. The van der Waals surface area contributed by atoms with Gasteiger partial charge in [-0.25, -0.2) is 9.18 Å². The number of aromatic carboxylic acids is 1. The molecular formula is C16H21FO3. The summed E-state index contributed by atoms with van der Waals surface area (Å²) in [6.45, 7) is 4.64. The van der Waals surface area contributed by atoms with Gasteiger partial charge in [-0.2, -0.15) is 0 Å². The molecule has 1 N–H and O–H groups in total. The van der Waals surface area contributed by atoms with Crippen molar-refractivity contribution in [1.82, 2.24) is 0 Å². The van der Waals surface area contributed by atoms with Crippen molar-refractivity contribution in [2.75, 3.05) is 0 Å². The number of carboxylic acids is 1. The van der Waals surface area contributed by atoms with Crippen molar-refractivity contribution in [2.45, 2.75) is 52.2 Å². The van der Waals surface area contributed by atoms with Crippen LogP contribution in [0.1, 0.15) is 55.5 Å². The molecule has 0 bridgehead atoms. The van der Waals surface area contributed by atoms with Crippen molar-refractivity contribution >= 4 is 5.97 Å². The maximum absolute atomic E-state index is 13.6. The van der Waals surface area contributed by atoms with Crippen LogP contribution in [0.25, 0.3) is 0 Å². The Kier molecular flexibility index (Phi) is 4.43. The molecule has 0 saturated heterocycles. The van der Waals surface area contributed by atoms with E-state index < -0.39 is 11.8 Å². The smallest absolute Gasteiger partial charge is 0.335 e. The molecule has 0 heterocycles. The van der Waals surface area contributed by atoms with E-state index in [1.165, 1.54) is 18.2 Å². The Bertz CT molecular complexity index is 486. The van der Waals surface area contributed by atoms with Gasteiger partial charge in [0.15, 0.2) is 0 Å². The standard InChI is InChI=1S/C16H21FO3/c1-16(2)7-5-13(6-8-16)20-10-12-9-11(15(18)19)3-4-14(12)17/h3-4,9,13H,5-8,10H2,1-2H3,(H,18,19). The number of rotatable bonds is 4. The molecule has 110 valence electrons. The number of hydrogen-bond donors (Lipinski definition) is 1. The van der Waals surface area contributed by atoms with Crippen LogP contribution in [0.5, 0.6) is 0 Å². The van der Waals surface area contributed by atoms with Gasteiger partial charge in [0.05, 0.1) is 18.3 Å². The monoisotopic (exact) mass is 280 g/mol. The quantitative estimate of drug-likeness (QED) is 0.906.